The Morgan fingerprint density at radius 1 is 1.50 bits per heavy atom. The largest absolute Gasteiger partial charge is 0.491 e. The van der Waals surface area contributed by atoms with E-state index in [-0.39, 0.29) is 12.6 Å². The number of ether oxygens (including phenoxy) is 1. The molecule has 0 radical (unpaired) electrons. The summed E-state index contributed by atoms with van der Waals surface area (Å²) in [5.74, 6) is 0.672. The average molecular weight is 246 g/mol. The number of halogens is 2. The SMILES string of the molecule is CCC(N)Cc1cc(Cl)ccc1OCCF. The van der Waals surface area contributed by atoms with Crippen LogP contribution >= 0.6 is 11.6 Å². The molecular weight excluding hydrogens is 229 g/mol. The number of benzene rings is 1. The highest BCUT2D eigenvalue weighted by Gasteiger charge is 2.08. The molecule has 0 saturated heterocycles. The van der Waals surface area contributed by atoms with Gasteiger partial charge in [-0.3, -0.25) is 0 Å². The van der Waals surface area contributed by atoms with Gasteiger partial charge in [-0.2, -0.15) is 0 Å². The van der Waals surface area contributed by atoms with E-state index in [1.165, 1.54) is 0 Å². The van der Waals surface area contributed by atoms with Crippen molar-refractivity contribution in [2.45, 2.75) is 25.8 Å². The maximum atomic E-state index is 12.0. The first-order chi connectivity index (χ1) is 7.67. The van der Waals surface area contributed by atoms with Crippen LogP contribution in [0.3, 0.4) is 0 Å². The van der Waals surface area contributed by atoms with E-state index in [1.54, 1.807) is 12.1 Å². The fourth-order valence-electron chi connectivity index (χ4n) is 1.42. The minimum Gasteiger partial charge on any atom is -0.491 e. The van der Waals surface area contributed by atoms with Crippen molar-refractivity contribution in [2.24, 2.45) is 5.73 Å². The van der Waals surface area contributed by atoms with Crippen LogP contribution in [0.1, 0.15) is 18.9 Å². The quantitative estimate of drug-likeness (QED) is 0.836. The summed E-state index contributed by atoms with van der Waals surface area (Å²) in [4.78, 5) is 0. The number of hydrogen-bond donors (Lipinski definition) is 1. The van der Waals surface area contributed by atoms with Crippen LogP contribution in [0.4, 0.5) is 4.39 Å². The fourth-order valence-corrected chi connectivity index (χ4v) is 1.62. The predicted octanol–water partition coefficient (Wildman–Crippen LogP) is 2.97. The first-order valence-corrected chi connectivity index (χ1v) is 5.78. The van der Waals surface area contributed by atoms with Crippen LogP contribution in [0, 0.1) is 0 Å². The van der Waals surface area contributed by atoms with E-state index in [1.807, 2.05) is 13.0 Å². The van der Waals surface area contributed by atoms with Gasteiger partial charge in [0.1, 0.15) is 19.0 Å². The molecule has 0 spiro atoms. The lowest BCUT2D eigenvalue weighted by molar-refractivity contribution is 0.270. The molecule has 0 bridgehead atoms. The van der Waals surface area contributed by atoms with Gasteiger partial charge in [0, 0.05) is 11.1 Å². The second-order valence-electron chi connectivity index (χ2n) is 3.66. The molecule has 0 saturated carbocycles. The van der Waals surface area contributed by atoms with Crippen LogP contribution in [-0.2, 0) is 6.42 Å². The first kappa shape index (κ1) is 13.3. The Morgan fingerprint density at radius 3 is 2.88 bits per heavy atom. The van der Waals surface area contributed by atoms with Gasteiger partial charge in [0.2, 0.25) is 0 Å². The van der Waals surface area contributed by atoms with Gasteiger partial charge in [0.25, 0.3) is 0 Å². The average Bonchev–Trinajstić information content (AvgIpc) is 2.28. The molecule has 0 aromatic heterocycles. The second kappa shape index (κ2) is 6.71. The molecule has 2 nitrogen and oxygen atoms in total. The predicted molar refractivity (Wildman–Crippen MR) is 64.9 cm³/mol. The molecule has 0 aliphatic rings. The summed E-state index contributed by atoms with van der Waals surface area (Å²) in [6.07, 6.45) is 1.58. The van der Waals surface area contributed by atoms with Crippen molar-refractivity contribution in [1.29, 1.82) is 0 Å². The zero-order valence-corrected chi connectivity index (χ0v) is 10.1. The monoisotopic (exact) mass is 245 g/mol. The topological polar surface area (TPSA) is 35.2 Å². The van der Waals surface area contributed by atoms with Gasteiger partial charge in [-0.05, 0) is 36.6 Å². The highest BCUT2D eigenvalue weighted by Crippen LogP contribution is 2.24. The zero-order chi connectivity index (χ0) is 12.0. The summed E-state index contributed by atoms with van der Waals surface area (Å²) >= 11 is 5.91. The van der Waals surface area contributed by atoms with E-state index in [0.29, 0.717) is 17.2 Å². The molecule has 4 heteroatoms. The molecular formula is C12H17ClFNO. The summed E-state index contributed by atoms with van der Waals surface area (Å²) in [5, 5.41) is 0.644. The number of alkyl halides is 1. The lowest BCUT2D eigenvalue weighted by atomic mass is 10.0. The van der Waals surface area contributed by atoms with E-state index in [9.17, 15) is 4.39 Å². The Bertz CT molecular complexity index is 333. The smallest absolute Gasteiger partial charge is 0.123 e. The van der Waals surface area contributed by atoms with E-state index < -0.39 is 6.67 Å². The zero-order valence-electron chi connectivity index (χ0n) is 9.38. The molecule has 0 aliphatic carbocycles. The molecule has 1 rings (SSSR count). The highest BCUT2D eigenvalue weighted by atomic mass is 35.5. The van der Waals surface area contributed by atoms with Crippen molar-refractivity contribution >= 4 is 11.6 Å². The summed E-state index contributed by atoms with van der Waals surface area (Å²) in [5.41, 5.74) is 6.82. The summed E-state index contributed by atoms with van der Waals surface area (Å²) in [7, 11) is 0. The Kier molecular flexibility index (Phi) is 5.56. The minimum absolute atomic E-state index is 0.0655. The van der Waals surface area contributed by atoms with Crippen molar-refractivity contribution in [3.05, 3.63) is 28.8 Å². The maximum Gasteiger partial charge on any atom is 0.123 e. The molecule has 90 valence electrons. The Hall–Kier alpha value is -0.800. The lowest BCUT2D eigenvalue weighted by Gasteiger charge is -2.14. The summed E-state index contributed by atoms with van der Waals surface area (Å²) in [6.45, 7) is 1.59. The van der Waals surface area contributed by atoms with Crippen LogP contribution < -0.4 is 10.5 Å². The van der Waals surface area contributed by atoms with E-state index in [2.05, 4.69) is 0 Å². The standard InChI is InChI=1S/C12H17ClFNO/c1-2-11(15)8-9-7-10(13)3-4-12(9)16-6-5-14/h3-4,7,11H,2,5-6,8,15H2,1H3. The van der Waals surface area contributed by atoms with Crippen molar-refractivity contribution < 1.29 is 9.13 Å². The van der Waals surface area contributed by atoms with Crippen LogP contribution in [0.2, 0.25) is 5.02 Å². The van der Waals surface area contributed by atoms with Gasteiger partial charge in [-0.15, -0.1) is 0 Å². The van der Waals surface area contributed by atoms with E-state index in [4.69, 9.17) is 22.1 Å². The third-order valence-electron chi connectivity index (χ3n) is 2.36. The molecule has 2 N–H and O–H groups in total. The van der Waals surface area contributed by atoms with Crippen molar-refractivity contribution in [1.82, 2.24) is 0 Å². The molecule has 0 aliphatic heterocycles. The Morgan fingerprint density at radius 2 is 2.25 bits per heavy atom. The fraction of sp³-hybridized carbons (Fsp3) is 0.500. The van der Waals surface area contributed by atoms with Crippen LogP contribution in [0.5, 0.6) is 5.75 Å². The molecule has 1 aromatic carbocycles. The van der Waals surface area contributed by atoms with Gasteiger partial charge in [-0.25, -0.2) is 4.39 Å². The molecule has 1 atom stereocenters. The number of rotatable bonds is 6. The molecule has 1 aromatic rings. The molecule has 16 heavy (non-hydrogen) atoms. The molecule has 1 unspecified atom stereocenters. The second-order valence-corrected chi connectivity index (χ2v) is 4.10. The van der Waals surface area contributed by atoms with Gasteiger partial charge in [-0.1, -0.05) is 18.5 Å². The van der Waals surface area contributed by atoms with Gasteiger partial charge in [0.05, 0.1) is 0 Å². The lowest BCUT2D eigenvalue weighted by Crippen LogP contribution is -2.21. The third-order valence-corrected chi connectivity index (χ3v) is 2.60. The molecule has 0 heterocycles. The summed E-state index contributed by atoms with van der Waals surface area (Å²) < 4.78 is 17.3. The van der Waals surface area contributed by atoms with E-state index in [0.717, 1.165) is 12.0 Å². The maximum absolute atomic E-state index is 12.0. The Labute approximate surface area is 101 Å². The van der Waals surface area contributed by atoms with Gasteiger partial charge < -0.3 is 10.5 Å². The highest BCUT2D eigenvalue weighted by molar-refractivity contribution is 6.30. The normalized spacial score (nSPS) is 12.5. The van der Waals surface area contributed by atoms with Crippen molar-refractivity contribution in [3.63, 3.8) is 0 Å². The molecule has 0 fully saturated rings. The van der Waals surface area contributed by atoms with E-state index >= 15 is 0 Å². The van der Waals surface area contributed by atoms with Crippen LogP contribution in [0.25, 0.3) is 0 Å². The van der Waals surface area contributed by atoms with Crippen molar-refractivity contribution in [2.75, 3.05) is 13.3 Å². The van der Waals surface area contributed by atoms with Gasteiger partial charge >= 0.3 is 0 Å². The number of nitrogens with two attached hydrogens (primary N) is 1. The number of hydrogen-bond acceptors (Lipinski definition) is 2. The van der Waals surface area contributed by atoms with Gasteiger partial charge in [0.15, 0.2) is 0 Å². The molecule has 0 amide bonds. The summed E-state index contributed by atoms with van der Waals surface area (Å²) in [6, 6.07) is 5.39. The third kappa shape index (κ3) is 3.99. The van der Waals surface area contributed by atoms with Crippen LogP contribution in [0.15, 0.2) is 18.2 Å². The van der Waals surface area contributed by atoms with Crippen LogP contribution in [-0.4, -0.2) is 19.3 Å². The van der Waals surface area contributed by atoms with Crippen molar-refractivity contribution in [3.8, 4) is 5.75 Å². The Balaban J connectivity index is 2.80. The first-order valence-electron chi connectivity index (χ1n) is 5.40. The minimum atomic E-state index is -0.498.